The van der Waals surface area contributed by atoms with Gasteiger partial charge >= 0.3 is 0 Å². The Morgan fingerprint density at radius 2 is 2.17 bits per heavy atom. The number of nitrogens with one attached hydrogen (secondary N) is 1. The lowest BCUT2D eigenvalue weighted by Crippen LogP contribution is -2.06. The summed E-state index contributed by atoms with van der Waals surface area (Å²) in [4.78, 5) is 3.98. The van der Waals surface area contributed by atoms with Crippen LogP contribution >= 0.6 is 0 Å². The molecule has 0 aromatic carbocycles. The van der Waals surface area contributed by atoms with Gasteiger partial charge < -0.3 is 0 Å². The van der Waals surface area contributed by atoms with E-state index < -0.39 is 9.84 Å². The average Bonchev–Trinajstić information content (AvgIpc) is 2.30. The summed E-state index contributed by atoms with van der Waals surface area (Å²) in [6.45, 7) is 1.77. The zero-order valence-corrected chi connectivity index (χ0v) is 7.85. The Morgan fingerprint density at radius 3 is 2.58 bits per heavy atom. The van der Waals surface area contributed by atoms with Crippen molar-refractivity contribution in [3.8, 4) is 0 Å². The molecule has 0 fully saturated rings. The first-order valence-electron chi connectivity index (χ1n) is 3.53. The van der Waals surface area contributed by atoms with Crippen LogP contribution in [-0.2, 0) is 16.3 Å². The van der Waals surface area contributed by atoms with Gasteiger partial charge in [0.2, 0.25) is 0 Å². The normalized spacial score (nSPS) is 11.8. The molecule has 0 aliphatic rings. The number of hydrogen-bond acceptors (Lipinski definition) is 4. The first-order valence-corrected chi connectivity index (χ1v) is 5.59. The van der Waals surface area contributed by atoms with Gasteiger partial charge in [-0.15, -0.1) is 0 Å². The smallest absolute Gasteiger partial charge is 0.151 e. The van der Waals surface area contributed by atoms with Gasteiger partial charge in [-0.1, -0.05) is 0 Å². The van der Waals surface area contributed by atoms with Gasteiger partial charge in [0.15, 0.2) is 5.82 Å². The van der Waals surface area contributed by atoms with Gasteiger partial charge in [0, 0.05) is 12.7 Å². The maximum atomic E-state index is 10.7. The fourth-order valence-electron chi connectivity index (χ4n) is 0.778. The lowest BCUT2D eigenvalue weighted by molar-refractivity contribution is 0.600. The number of rotatable bonds is 3. The average molecular weight is 189 g/mol. The molecule has 1 N–H and O–H groups in total. The third-order valence-electron chi connectivity index (χ3n) is 1.34. The van der Waals surface area contributed by atoms with Gasteiger partial charge in [0.05, 0.1) is 5.75 Å². The molecule has 1 aromatic rings. The van der Waals surface area contributed by atoms with Crippen molar-refractivity contribution in [2.45, 2.75) is 13.3 Å². The van der Waals surface area contributed by atoms with Crippen molar-refractivity contribution < 1.29 is 8.42 Å². The molecule has 0 saturated heterocycles. The van der Waals surface area contributed by atoms with E-state index in [1.54, 1.807) is 6.92 Å². The van der Waals surface area contributed by atoms with E-state index in [2.05, 4.69) is 15.2 Å². The largest absolute Gasteiger partial charge is 0.263 e. The Morgan fingerprint density at radius 1 is 1.50 bits per heavy atom. The van der Waals surface area contributed by atoms with Gasteiger partial charge in [-0.25, -0.2) is 13.4 Å². The summed E-state index contributed by atoms with van der Waals surface area (Å²) in [5.74, 6) is 1.36. The van der Waals surface area contributed by atoms with E-state index in [9.17, 15) is 8.42 Å². The van der Waals surface area contributed by atoms with Crippen molar-refractivity contribution in [3.63, 3.8) is 0 Å². The van der Waals surface area contributed by atoms with Crippen LogP contribution in [0.25, 0.3) is 0 Å². The van der Waals surface area contributed by atoms with Gasteiger partial charge in [-0.05, 0) is 6.92 Å². The first-order chi connectivity index (χ1) is 5.47. The fraction of sp³-hybridized carbons (Fsp3) is 0.667. The quantitative estimate of drug-likeness (QED) is 0.708. The molecule has 12 heavy (non-hydrogen) atoms. The topological polar surface area (TPSA) is 75.7 Å². The summed E-state index contributed by atoms with van der Waals surface area (Å²) >= 11 is 0. The molecule has 0 spiro atoms. The second-order valence-electron chi connectivity index (χ2n) is 2.72. The molecule has 0 saturated carbocycles. The Balaban J connectivity index is 2.55. The Kier molecular flexibility index (Phi) is 2.46. The Bertz CT molecular complexity index is 355. The number of aromatic nitrogens is 3. The summed E-state index contributed by atoms with van der Waals surface area (Å²) in [6, 6.07) is 0. The molecule has 5 nitrogen and oxygen atoms in total. The molecule has 1 aromatic heterocycles. The van der Waals surface area contributed by atoms with E-state index in [4.69, 9.17) is 0 Å². The monoisotopic (exact) mass is 189 g/mol. The number of nitrogens with zero attached hydrogens (tertiary/aromatic N) is 2. The van der Waals surface area contributed by atoms with Crippen LogP contribution in [0.3, 0.4) is 0 Å². The summed E-state index contributed by atoms with van der Waals surface area (Å²) in [5, 5.41) is 6.47. The zero-order valence-electron chi connectivity index (χ0n) is 7.03. The molecule has 1 heterocycles. The Labute approximate surface area is 71.1 Å². The van der Waals surface area contributed by atoms with E-state index >= 15 is 0 Å². The molecule has 6 heteroatoms. The number of H-pyrrole nitrogens is 1. The van der Waals surface area contributed by atoms with Crippen LogP contribution in [0, 0.1) is 6.92 Å². The van der Waals surface area contributed by atoms with E-state index in [0.29, 0.717) is 18.1 Å². The van der Waals surface area contributed by atoms with Crippen molar-refractivity contribution >= 4 is 9.84 Å². The molecular weight excluding hydrogens is 178 g/mol. The summed E-state index contributed by atoms with van der Waals surface area (Å²) in [5.41, 5.74) is 0. The minimum Gasteiger partial charge on any atom is -0.263 e. The van der Waals surface area contributed by atoms with Crippen molar-refractivity contribution in [1.29, 1.82) is 0 Å². The lowest BCUT2D eigenvalue weighted by atomic mass is 10.5. The number of hydrogen-bond donors (Lipinski definition) is 1. The highest BCUT2D eigenvalue weighted by atomic mass is 32.2. The van der Waals surface area contributed by atoms with Crippen LogP contribution in [0.1, 0.15) is 11.6 Å². The molecule has 0 bridgehead atoms. The standard InChI is InChI=1S/C6H11N3O2S/c1-5-7-6(9-8-5)3-4-12(2,10)11/h3-4H2,1-2H3,(H,7,8,9). The molecule has 0 aliphatic carbocycles. The predicted molar refractivity (Wildman–Crippen MR) is 44.5 cm³/mol. The predicted octanol–water partition coefficient (Wildman–Crippen LogP) is -0.300. The summed E-state index contributed by atoms with van der Waals surface area (Å²) < 4.78 is 21.5. The molecule has 0 unspecified atom stereocenters. The fourth-order valence-corrected chi connectivity index (χ4v) is 1.33. The molecule has 0 amide bonds. The maximum absolute atomic E-state index is 10.7. The van der Waals surface area contributed by atoms with Crippen LogP contribution in [-0.4, -0.2) is 35.6 Å². The zero-order chi connectivity index (χ0) is 9.19. The van der Waals surface area contributed by atoms with E-state index in [0.717, 1.165) is 0 Å². The number of aryl methyl sites for hydroxylation is 2. The number of aromatic amines is 1. The second kappa shape index (κ2) is 3.22. The van der Waals surface area contributed by atoms with E-state index in [1.807, 2.05) is 0 Å². The molecule has 0 atom stereocenters. The van der Waals surface area contributed by atoms with Crippen LogP contribution in [0.5, 0.6) is 0 Å². The van der Waals surface area contributed by atoms with Crippen LogP contribution in [0.15, 0.2) is 0 Å². The van der Waals surface area contributed by atoms with Crippen LogP contribution in [0.4, 0.5) is 0 Å². The first kappa shape index (κ1) is 9.18. The third kappa shape index (κ3) is 3.00. The molecule has 68 valence electrons. The van der Waals surface area contributed by atoms with Gasteiger partial charge in [-0.3, -0.25) is 5.10 Å². The summed E-state index contributed by atoms with van der Waals surface area (Å²) in [6.07, 6.45) is 1.58. The van der Waals surface area contributed by atoms with Crippen molar-refractivity contribution in [2.75, 3.05) is 12.0 Å². The van der Waals surface area contributed by atoms with Gasteiger partial charge in [0.1, 0.15) is 15.7 Å². The lowest BCUT2D eigenvalue weighted by Gasteiger charge is -1.92. The van der Waals surface area contributed by atoms with Crippen molar-refractivity contribution in [1.82, 2.24) is 15.2 Å². The second-order valence-corrected chi connectivity index (χ2v) is 4.98. The minimum absolute atomic E-state index is 0.101. The third-order valence-corrected chi connectivity index (χ3v) is 2.29. The highest BCUT2D eigenvalue weighted by Crippen LogP contribution is 1.94. The molecule has 0 radical (unpaired) electrons. The minimum atomic E-state index is -2.91. The van der Waals surface area contributed by atoms with Crippen LogP contribution < -0.4 is 0 Å². The van der Waals surface area contributed by atoms with E-state index in [-0.39, 0.29) is 5.75 Å². The van der Waals surface area contributed by atoms with E-state index in [1.165, 1.54) is 6.26 Å². The maximum Gasteiger partial charge on any atom is 0.151 e. The van der Waals surface area contributed by atoms with Gasteiger partial charge in [-0.2, -0.15) is 5.10 Å². The van der Waals surface area contributed by atoms with Crippen LogP contribution in [0.2, 0.25) is 0 Å². The highest BCUT2D eigenvalue weighted by Gasteiger charge is 2.05. The molecule has 0 aliphatic heterocycles. The van der Waals surface area contributed by atoms with Gasteiger partial charge in [0.25, 0.3) is 0 Å². The van der Waals surface area contributed by atoms with Crippen molar-refractivity contribution in [3.05, 3.63) is 11.6 Å². The molecule has 1 rings (SSSR count). The van der Waals surface area contributed by atoms with Crippen molar-refractivity contribution in [2.24, 2.45) is 0 Å². The SMILES string of the molecule is Cc1nc(CCS(C)(=O)=O)n[nH]1. The summed E-state index contributed by atoms with van der Waals surface area (Å²) in [7, 11) is -2.91. The number of sulfone groups is 1. The Hall–Kier alpha value is -0.910. The molecular formula is C6H11N3O2S. The highest BCUT2D eigenvalue weighted by molar-refractivity contribution is 7.90.